The number of anilines is 1. The van der Waals surface area contributed by atoms with E-state index in [0.717, 1.165) is 11.3 Å². The number of carboxylic acids is 1. The number of carboxylic acid groups (broad SMARTS) is 1. The van der Waals surface area contributed by atoms with Gasteiger partial charge in [0.1, 0.15) is 6.04 Å². The Labute approximate surface area is 105 Å². The first kappa shape index (κ1) is 12.6. The summed E-state index contributed by atoms with van der Waals surface area (Å²) in [5, 5.41) is 11.7. The molecular formula is C13H16N2O3. The number of para-hydroxylation sites is 1. The van der Waals surface area contributed by atoms with E-state index in [4.69, 9.17) is 5.11 Å². The van der Waals surface area contributed by atoms with Gasteiger partial charge >= 0.3 is 5.97 Å². The summed E-state index contributed by atoms with van der Waals surface area (Å²) < 4.78 is 0. The van der Waals surface area contributed by atoms with E-state index in [1.54, 1.807) is 11.9 Å². The molecule has 1 heterocycles. The second kappa shape index (κ2) is 5.18. The number of fused-ring (bicyclic) bond motifs is 1. The van der Waals surface area contributed by atoms with Crippen LogP contribution in [0.25, 0.3) is 0 Å². The van der Waals surface area contributed by atoms with Gasteiger partial charge in [0.25, 0.3) is 0 Å². The van der Waals surface area contributed by atoms with Crippen molar-refractivity contribution in [3.8, 4) is 0 Å². The second-order valence-corrected chi connectivity index (χ2v) is 4.34. The Hall–Kier alpha value is -1.88. The van der Waals surface area contributed by atoms with E-state index in [-0.39, 0.29) is 18.4 Å². The normalized spacial score (nSPS) is 17.9. The first-order chi connectivity index (χ1) is 8.61. The van der Waals surface area contributed by atoms with Crippen LogP contribution in [0.2, 0.25) is 0 Å². The molecule has 5 heteroatoms. The van der Waals surface area contributed by atoms with Crippen molar-refractivity contribution >= 4 is 17.6 Å². The minimum absolute atomic E-state index is 0.00604. The van der Waals surface area contributed by atoms with Gasteiger partial charge in [-0.15, -0.1) is 0 Å². The molecule has 1 aromatic rings. The summed E-state index contributed by atoms with van der Waals surface area (Å²) in [4.78, 5) is 24.1. The molecule has 0 saturated heterocycles. The van der Waals surface area contributed by atoms with Crippen molar-refractivity contribution in [1.29, 1.82) is 0 Å². The Balaban J connectivity index is 2.01. The zero-order valence-corrected chi connectivity index (χ0v) is 10.2. The molecule has 18 heavy (non-hydrogen) atoms. The summed E-state index contributed by atoms with van der Waals surface area (Å²) in [6.45, 7) is 0.519. The lowest BCUT2D eigenvalue weighted by molar-refractivity contribution is -0.137. The van der Waals surface area contributed by atoms with Gasteiger partial charge in [-0.2, -0.15) is 0 Å². The fourth-order valence-electron chi connectivity index (χ4n) is 2.17. The van der Waals surface area contributed by atoms with E-state index in [2.05, 4.69) is 5.32 Å². The van der Waals surface area contributed by atoms with Gasteiger partial charge in [0.15, 0.2) is 0 Å². The summed E-state index contributed by atoms with van der Waals surface area (Å²) in [7, 11) is 1.75. The maximum atomic E-state index is 12.0. The lowest BCUT2D eigenvalue weighted by Crippen LogP contribution is -2.32. The van der Waals surface area contributed by atoms with Crippen molar-refractivity contribution in [2.45, 2.75) is 18.9 Å². The number of likely N-dealkylation sites (N-methyl/N-ethyl adjacent to an activating group) is 1. The first-order valence-electron chi connectivity index (χ1n) is 5.93. The summed E-state index contributed by atoms with van der Waals surface area (Å²) in [5.74, 6) is -0.807. The number of nitrogens with zero attached hydrogens (tertiary/aromatic N) is 1. The van der Waals surface area contributed by atoms with Crippen molar-refractivity contribution < 1.29 is 14.7 Å². The molecule has 1 unspecified atom stereocenters. The highest BCUT2D eigenvalue weighted by Gasteiger charge is 2.34. The first-order valence-corrected chi connectivity index (χ1v) is 5.93. The Morgan fingerprint density at radius 1 is 1.44 bits per heavy atom. The third-order valence-electron chi connectivity index (χ3n) is 3.10. The van der Waals surface area contributed by atoms with E-state index in [1.807, 2.05) is 24.3 Å². The maximum absolute atomic E-state index is 12.0. The molecule has 1 atom stereocenters. The summed E-state index contributed by atoms with van der Waals surface area (Å²) in [5.41, 5.74) is 1.87. The number of amides is 1. The fourth-order valence-corrected chi connectivity index (χ4v) is 2.17. The smallest absolute Gasteiger partial charge is 0.303 e. The van der Waals surface area contributed by atoms with E-state index >= 15 is 0 Å². The molecule has 2 N–H and O–H groups in total. The Kier molecular flexibility index (Phi) is 3.62. The van der Waals surface area contributed by atoms with Crippen LogP contribution in [0.1, 0.15) is 24.4 Å². The Bertz CT molecular complexity index is 473. The number of rotatable bonds is 5. The van der Waals surface area contributed by atoms with E-state index in [1.165, 1.54) is 0 Å². The standard InChI is InChI=1S/C13H16N2O3/c1-15-10-6-3-2-5-9(10)12(13(15)18)14-8-4-7-11(16)17/h2-3,5-6,12,14H,4,7-8H2,1H3,(H,16,17). The quantitative estimate of drug-likeness (QED) is 0.767. The SMILES string of the molecule is CN1C(=O)C(NCCCC(=O)O)c2ccccc21. The molecule has 96 valence electrons. The molecule has 0 spiro atoms. The summed E-state index contributed by atoms with van der Waals surface area (Å²) in [6, 6.07) is 7.28. The molecule has 0 radical (unpaired) electrons. The summed E-state index contributed by atoms with van der Waals surface area (Å²) in [6.07, 6.45) is 0.635. The van der Waals surface area contributed by atoms with Crippen molar-refractivity contribution in [3.63, 3.8) is 0 Å². The molecule has 1 aliphatic heterocycles. The lowest BCUT2D eigenvalue weighted by Gasteiger charge is -2.12. The van der Waals surface area contributed by atoms with Gasteiger partial charge in [-0.25, -0.2) is 0 Å². The highest BCUT2D eigenvalue weighted by molar-refractivity contribution is 6.04. The Morgan fingerprint density at radius 2 is 2.17 bits per heavy atom. The Morgan fingerprint density at radius 3 is 2.89 bits per heavy atom. The van der Waals surface area contributed by atoms with Crippen molar-refractivity contribution in [1.82, 2.24) is 5.32 Å². The molecule has 0 saturated carbocycles. The molecule has 1 aromatic carbocycles. The lowest BCUT2D eigenvalue weighted by atomic mass is 10.1. The monoisotopic (exact) mass is 248 g/mol. The zero-order chi connectivity index (χ0) is 13.1. The second-order valence-electron chi connectivity index (χ2n) is 4.34. The zero-order valence-electron chi connectivity index (χ0n) is 10.2. The number of hydrogen-bond donors (Lipinski definition) is 2. The van der Waals surface area contributed by atoms with Crippen LogP contribution in [0.5, 0.6) is 0 Å². The van der Waals surface area contributed by atoms with Gasteiger partial charge in [-0.05, 0) is 19.0 Å². The molecule has 5 nitrogen and oxygen atoms in total. The van der Waals surface area contributed by atoms with Crippen LogP contribution in [-0.2, 0) is 9.59 Å². The van der Waals surface area contributed by atoms with Gasteiger partial charge in [-0.3, -0.25) is 9.59 Å². The number of carbonyl (C=O) groups excluding carboxylic acids is 1. The molecule has 1 amide bonds. The minimum Gasteiger partial charge on any atom is -0.481 e. The maximum Gasteiger partial charge on any atom is 0.303 e. The molecule has 0 bridgehead atoms. The molecular weight excluding hydrogens is 232 g/mol. The average molecular weight is 248 g/mol. The number of carbonyl (C=O) groups is 2. The van der Waals surface area contributed by atoms with E-state index in [0.29, 0.717) is 13.0 Å². The number of hydrogen-bond acceptors (Lipinski definition) is 3. The van der Waals surface area contributed by atoms with Gasteiger partial charge < -0.3 is 15.3 Å². The molecule has 2 rings (SSSR count). The van der Waals surface area contributed by atoms with E-state index in [9.17, 15) is 9.59 Å². The van der Waals surface area contributed by atoms with Crippen LogP contribution < -0.4 is 10.2 Å². The number of benzene rings is 1. The van der Waals surface area contributed by atoms with Crippen molar-refractivity contribution in [2.24, 2.45) is 0 Å². The highest BCUT2D eigenvalue weighted by atomic mass is 16.4. The van der Waals surface area contributed by atoms with Crippen LogP contribution in [-0.4, -0.2) is 30.6 Å². The topological polar surface area (TPSA) is 69.6 Å². The third-order valence-corrected chi connectivity index (χ3v) is 3.10. The molecule has 1 aliphatic rings. The van der Waals surface area contributed by atoms with Gasteiger partial charge in [0, 0.05) is 24.7 Å². The molecule has 0 aromatic heterocycles. The van der Waals surface area contributed by atoms with Crippen LogP contribution in [0.15, 0.2) is 24.3 Å². The van der Waals surface area contributed by atoms with Crippen molar-refractivity contribution in [2.75, 3.05) is 18.5 Å². The largest absolute Gasteiger partial charge is 0.481 e. The predicted octanol–water partition coefficient (Wildman–Crippen LogP) is 1.16. The van der Waals surface area contributed by atoms with E-state index < -0.39 is 5.97 Å². The predicted molar refractivity (Wildman–Crippen MR) is 67.5 cm³/mol. The van der Waals surface area contributed by atoms with Crippen LogP contribution in [0, 0.1) is 0 Å². The average Bonchev–Trinajstić information content (AvgIpc) is 2.59. The van der Waals surface area contributed by atoms with Crippen LogP contribution in [0.4, 0.5) is 5.69 Å². The molecule has 0 aliphatic carbocycles. The van der Waals surface area contributed by atoms with Gasteiger partial charge in [0.2, 0.25) is 5.91 Å². The molecule has 0 fully saturated rings. The van der Waals surface area contributed by atoms with Crippen LogP contribution in [0.3, 0.4) is 0 Å². The highest BCUT2D eigenvalue weighted by Crippen LogP contribution is 2.34. The third kappa shape index (κ3) is 2.36. The minimum atomic E-state index is -0.813. The van der Waals surface area contributed by atoms with Gasteiger partial charge in [-0.1, -0.05) is 18.2 Å². The number of nitrogens with one attached hydrogen (secondary N) is 1. The summed E-state index contributed by atoms with van der Waals surface area (Å²) >= 11 is 0. The van der Waals surface area contributed by atoms with Crippen molar-refractivity contribution in [3.05, 3.63) is 29.8 Å². The number of aliphatic carboxylic acids is 1. The van der Waals surface area contributed by atoms with Crippen LogP contribution >= 0.6 is 0 Å². The van der Waals surface area contributed by atoms with Gasteiger partial charge in [0.05, 0.1) is 0 Å². The fraction of sp³-hybridized carbons (Fsp3) is 0.385.